The zero-order valence-corrected chi connectivity index (χ0v) is 14.7. The zero-order chi connectivity index (χ0) is 17.5. The van der Waals surface area contributed by atoms with Crippen molar-refractivity contribution in [1.82, 2.24) is 5.32 Å². The van der Waals surface area contributed by atoms with E-state index in [1.165, 1.54) is 0 Å². The van der Waals surface area contributed by atoms with Gasteiger partial charge in [0.15, 0.2) is 11.5 Å². The maximum absolute atomic E-state index is 12.1. The van der Waals surface area contributed by atoms with Crippen LogP contribution in [0.3, 0.4) is 0 Å². The van der Waals surface area contributed by atoms with Crippen molar-refractivity contribution in [2.45, 2.75) is 13.0 Å². The van der Waals surface area contributed by atoms with Crippen LogP contribution in [-0.2, 0) is 4.79 Å². The number of ether oxygens (including phenoxy) is 2. The molecule has 0 aliphatic rings. The maximum atomic E-state index is 12.1. The topological polar surface area (TPSA) is 59.6 Å². The van der Waals surface area contributed by atoms with Gasteiger partial charge in [0.1, 0.15) is 0 Å². The molecular formula is C18H21ClN2O3. The first-order chi connectivity index (χ1) is 11.5. The van der Waals surface area contributed by atoms with E-state index in [-0.39, 0.29) is 18.5 Å². The fraction of sp³-hybridized carbons (Fsp3) is 0.278. The van der Waals surface area contributed by atoms with Crippen molar-refractivity contribution < 1.29 is 14.3 Å². The van der Waals surface area contributed by atoms with E-state index in [9.17, 15) is 4.79 Å². The Labute approximate surface area is 146 Å². The lowest BCUT2D eigenvalue weighted by Gasteiger charge is -2.16. The van der Waals surface area contributed by atoms with Crippen molar-refractivity contribution >= 4 is 23.2 Å². The molecule has 0 radical (unpaired) electrons. The van der Waals surface area contributed by atoms with Gasteiger partial charge in [-0.3, -0.25) is 4.79 Å². The maximum Gasteiger partial charge on any atom is 0.238 e. The Morgan fingerprint density at radius 1 is 1.12 bits per heavy atom. The molecule has 0 aliphatic heterocycles. The molecule has 2 aromatic rings. The van der Waals surface area contributed by atoms with Crippen LogP contribution in [0.4, 0.5) is 5.69 Å². The van der Waals surface area contributed by atoms with Gasteiger partial charge in [-0.2, -0.15) is 0 Å². The Balaban J connectivity index is 1.93. The van der Waals surface area contributed by atoms with Crippen LogP contribution in [0.1, 0.15) is 18.5 Å². The van der Waals surface area contributed by atoms with Gasteiger partial charge in [0.25, 0.3) is 0 Å². The molecule has 0 heterocycles. The summed E-state index contributed by atoms with van der Waals surface area (Å²) in [5.41, 5.74) is 1.60. The highest BCUT2D eigenvalue weighted by Gasteiger charge is 2.11. The minimum absolute atomic E-state index is 0.0325. The number of hydrogen-bond acceptors (Lipinski definition) is 4. The van der Waals surface area contributed by atoms with Crippen molar-refractivity contribution in [3.05, 3.63) is 53.1 Å². The number of nitrogens with one attached hydrogen (secondary N) is 2. The van der Waals surface area contributed by atoms with Crippen LogP contribution in [0.15, 0.2) is 42.5 Å². The lowest BCUT2D eigenvalue weighted by Crippen LogP contribution is -2.30. The molecule has 2 N–H and O–H groups in total. The number of amides is 1. The molecular weight excluding hydrogens is 328 g/mol. The molecule has 1 atom stereocenters. The van der Waals surface area contributed by atoms with Crippen molar-refractivity contribution in [2.24, 2.45) is 0 Å². The summed E-state index contributed by atoms with van der Waals surface area (Å²) in [6.45, 7) is 2.13. The second-order valence-corrected chi connectivity index (χ2v) is 5.65. The quantitative estimate of drug-likeness (QED) is 0.802. The van der Waals surface area contributed by atoms with E-state index in [1.54, 1.807) is 32.4 Å². The molecule has 1 amide bonds. The largest absolute Gasteiger partial charge is 0.493 e. The van der Waals surface area contributed by atoms with Gasteiger partial charge >= 0.3 is 0 Å². The number of rotatable bonds is 7. The van der Waals surface area contributed by atoms with Crippen molar-refractivity contribution in [1.29, 1.82) is 0 Å². The molecule has 6 heteroatoms. The summed E-state index contributed by atoms with van der Waals surface area (Å²) in [5.74, 6) is 1.02. The predicted molar refractivity (Wildman–Crippen MR) is 96.0 cm³/mol. The average molecular weight is 349 g/mol. The van der Waals surface area contributed by atoms with E-state index in [0.717, 1.165) is 5.56 Å². The highest BCUT2D eigenvalue weighted by molar-refractivity contribution is 6.31. The molecule has 0 spiro atoms. The molecule has 0 unspecified atom stereocenters. The smallest absolute Gasteiger partial charge is 0.238 e. The summed E-state index contributed by atoms with van der Waals surface area (Å²) in [7, 11) is 3.12. The zero-order valence-electron chi connectivity index (χ0n) is 13.9. The predicted octanol–water partition coefficient (Wildman–Crippen LogP) is 3.65. The number of carbonyl (C=O) groups excluding carboxylic acids is 1. The van der Waals surface area contributed by atoms with Gasteiger partial charge in [0.2, 0.25) is 5.91 Å². The SMILES string of the molecule is COc1ccc(NC(=O)CN[C@H](C)c2ccccc2Cl)cc1OC. The fourth-order valence-electron chi connectivity index (χ4n) is 2.30. The highest BCUT2D eigenvalue weighted by atomic mass is 35.5. The van der Waals surface area contributed by atoms with Crippen molar-refractivity contribution in [3.63, 3.8) is 0 Å². The van der Waals surface area contributed by atoms with E-state index in [1.807, 2.05) is 31.2 Å². The average Bonchev–Trinajstić information content (AvgIpc) is 2.60. The summed E-state index contributed by atoms with van der Waals surface area (Å²) in [6, 6.07) is 12.8. The minimum atomic E-state index is -0.152. The van der Waals surface area contributed by atoms with E-state index in [4.69, 9.17) is 21.1 Å². The van der Waals surface area contributed by atoms with Gasteiger partial charge in [0.05, 0.1) is 20.8 Å². The summed E-state index contributed by atoms with van der Waals surface area (Å²) in [5, 5.41) is 6.66. The summed E-state index contributed by atoms with van der Waals surface area (Å²) >= 11 is 6.16. The summed E-state index contributed by atoms with van der Waals surface area (Å²) in [4.78, 5) is 12.1. The molecule has 0 saturated heterocycles. The molecule has 0 aliphatic carbocycles. The molecule has 0 aromatic heterocycles. The van der Waals surface area contributed by atoms with Crippen LogP contribution in [0.2, 0.25) is 5.02 Å². The Morgan fingerprint density at radius 2 is 1.83 bits per heavy atom. The van der Waals surface area contributed by atoms with E-state index in [0.29, 0.717) is 22.2 Å². The molecule has 0 saturated carbocycles. The standard InChI is InChI=1S/C18H21ClN2O3/c1-12(14-6-4-5-7-15(14)19)20-11-18(22)21-13-8-9-16(23-2)17(10-13)24-3/h4-10,12,20H,11H2,1-3H3,(H,21,22)/t12-/m1/s1. The van der Waals surface area contributed by atoms with Gasteiger partial charge in [0, 0.05) is 22.8 Å². The van der Waals surface area contributed by atoms with Crippen LogP contribution in [-0.4, -0.2) is 26.7 Å². The van der Waals surface area contributed by atoms with Crippen LogP contribution in [0.25, 0.3) is 0 Å². The number of benzene rings is 2. The second-order valence-electron chi connectivity index (χ2n) is 5.24. The van der Waals surface area contributed by atoms with Crippen molar-refractivity contribution in [3.8, 4) is 11.5 Å². The lowest BCUT2D eigenvalue weighted by molar-refractivity contribution is -0.115. The molecule has 2 rings (SSSR count). The molecule has 128 valence electrons. The van der Waals surface area contributed by atoms with Gasteiger partial charge in [-0.15, -0.1) is 0 Å². The molecule has 0 bridgehead atoms. The molecule has 5 nitrogen and oxygen atoms in total. The van der Waals surface area contributed by atoms with E-state index >= 15 is 0 Å². The molecule has 0 fully saturated rings. The fourth-order valence-corrected chi connectivity index (χ4v) is 2.60. The number of methoxy groups -OCH3 is 2. The minimum Gasteiger partial charge on any atom is -0.493 e. The molecule has 2 aromatic carbocycles. The van der Waals surface area contributed by atoms with Gasteiger partial charge < -0.3 is 20.1 Å². The number of carbonyl (C=O) groups is 1. The van der Waals surface area contributed by atoms with Crippen LogP contribution >= 0.6 is 11.6 Å². The second kappa shape index (κ2) is 8.57. The van der Waals surface area contributed by atoms with Crippen molar-refractivity contribution in [2.75, 3.05) is 26.1 Å². The normalized spacial score (nSPS) is 11.7. The summed E-state index contributed by atoms with van der Waals surface area (Å²) < 4.78 is 10.4. The Kier molecular flexibility index (Phi) is 6.46. The van der Waals surface area contributed by atoms with Gasteiger partial charge in [-0.05, 0) is 30.7 Å². The first-order valence-electron chi connectivity index (χ1n) is 7.55. The first-order valence-corrected chi connectivity index (χ1v) is 7.92. The monoisotopic (exact) mass is 348 g/mol. The number of hydrogen-bond donors (Lipinski definition) is 2. The third-order valence-electron chi connectivity index (χ3n) is 3.61. The number of halogens is 1. The van der Waals surface area contributed by atoms with Crippen LogP contribution < -0.4 is 20.1 Å². The van der Waals surface area contributed by atoms with E-state index in [2.05, 4.69) is 10.6 Å². The molecule has 24 heavy (non-hydrogen) atoms. The third kappa shape index (κ3) is 4.63. The van der Waals surface area contributed by atoms with Crippen LogP contribution in [0, 0.1) is 0 Å². The first kappa shape index (κ1) is 18.1. The van der Waals surface area contributed by atoms with Crippen LogP contribution in [0.5, 0.6) is 11.5 Å². The van der Waals surface area contributed by atoms with Gasteiger partial charge in [-0.25, -0.2) is 0 Å². The van der Waals surface area contributed by atoms with Gasteiger partial charge in [-0.1, -0.05) is 29.8 Å². The Morgan fingerprint density at radius 3 is 2.50 bits per heavy atom. The lowest BCUT2D eigenvalue weighted by atomic mass is 10.1. The van der Waals surface area contributed by atoms with E-state index < -0.39 is 0 Å². The summed E-state index contributed by atoms with van der Waals surface area (Å²) in [6.07, 6.45) is 0. The highest BCUT2D eigenvalue weighted by Crippen LogP contribution is 2.29. The third-order valence-corrected chi connectivity index (χ3v) is 3.95. The number of anilines is 1. The Hall–Kier alpha value is -2.24. The Bertz CT molecular complexity index is 706.